The molecule has 0 radical (unpaired) electrons. The summed E-state index contributed by atoms with van der Waals surface area (Å²) in [5, 5.41) is 5.04. The van der Waals surface area contributed by atoms with Crippen LogP contribution < -0.4 is 5.32 Å². The second kappa shape index (κ2) is 6.70. The molecule has 1 amide bonds. The molecular weight excluding hydrogens is 227 g/mol. The number of halogens is 1. The van der Waals surface area contributed by atoms with E-state index in [0.717, 1.165) is 6.07 Å². The lowest BCUT2D eigenvalue weighted by Gasteiger charge is -2.05. The fourth-order valence-corrected chi connectivity index (χ4v) is 1.21. The Hall–Kier alpha value is -1.82. The summed E-state index contributed by atoms with van der Waals surface area (Å²) in [4.78, 5) is 21.7. The highest BCUT2D eigenvalue weighted by atomic mass is 19.1. The van der Waals surface area contributed by atoms with Gasteiger partial charge < -0.3 is 10.1 Å². The Kier molecular flexibility index (Phi) is 5.22. The van der Waals surface area contributed by atoms with E-state index in [9.17, 15) is 14.1 Å². The van der Waals surface area contributed by atoms with Gasteiger partial charge in [0.05, 0.1) is 6.61 Å². The topological polar surface area (TPSA) is 67.8 Å². The lowest BCUT2D eigenvalue weighted by molar-refractivity contribution is 0.0922. The summed E-state index contributed by atoms with van der Waals surface area (Å²) in [5.74, 6) is -1.22. The van der Waals surface area contributed by atoms with Gasteiger partial charge in [0.1, 0.15) is 5.69 Å². The molecule has 6 heteroatoms. The lowest BCUT2D eigenvalue weighted by Crippen LogP contribution is -2.27. The third-order valence-electron chi connectivity index (χ3n) is 2.04. The predicted octanol–water partition coefficient (Wildman–Crippen LogP) is 1.99. The summed E-state index contributed by atoms with van der Waals surface area (Å²) in [6.45, 7) is 3.17. The van der Waals surface area contributed by atoms with Gasteiger partial charge in [-0.15, -0.1) is 4.91 Å². The number of amides is 1. The van der Waals surface area contributed by atoms with Crippen molar-refractivity contribution in [3.05, 3.63) is 34.5 Å². The second-order valence-corrected chi connectivity index (χ2v) is 3.21. The summed E-state index contributed by atoms with van der Waals surface area (Å²) in [6, 6.07) is 3.49. The molecule has 0 aliphatic carbocycles. The predicted molar refractivity (Wildman–Crippen MR) is 60.7 cm³/mol. The summed E-state index contributed by atoms with van der Waals surface area (Å²) in [5.41, 5.74) is -0.165. The summed E-state index contributed by atoms with van der Waals surface area (Å²) in [7, 11) is 0. The van der Waals surface area contributed by atoms with Gasteiger partial charge in [0.25, 0.3) is 5.91 Å². The Bertz CT molecular complexity index is 410. The van der Waals surface area contributed by atoms with Gasteiger partial charge in [-0.05, 0) is 30.3 Å². The van der Waals surface area contributed by atoms with Crippen LogP contribution in [-0.2, 0) is 4.74 Å². The van der Waals surface area contributed by atoms with Gasteiger partial charge in [-0.1, -0.05) is 0 Å². The summed E-state index contributed by atoms with van der Waals surface area (Å²) < 4.78 is 18.2. The maximum absolute atomic E-state index is 13.2. The van der Waals surface area contributed by atoms with Crippen LogP contribution in [0, 0.1) is 10.7 Å². The highest BCUT2D eigenvalue weighted by Crippen LogP contribution is 2.18. The molecule has 0 saturated carbocycles. The Balaban J connectivity index is 2.57. The molecule has 0 atom stereocenters. The molecule has 0 heterocycles. The molecule has 0 aliphatic rings. The van der Waals surface area contributed by atoms with Gasteiger partial charge >= 0.3 is 0 Å². The van der Waals surface area contributed by atoms with Gasteiger partial charge in [-0.3, -0.25) is 4.79 Å². The van der Waals surface area contributed by atoms with Crippen LogP contribution in [0.3, 0.4) is 0 Å². The summed E-state index contributed by atoms with van der Waals surface area (Å²) >= 11 is 0. The molecule has 0 bridgehead atoms. The van der Waals surface area contributed by atoms with Crippen molar-refractivity contribution in [1.29, 1.82) is 0 Å². The number of rotatable bonds is 6. The largest absolute Gasteiger partial charge is 0.380 e. The SMILES string of the molecule is CCOCCNC(=O)c1ccc(N=O)c(F)c1. The minimum absolute atomic E-state index is 0.145. The van der Waals surface area contributed by atoms with Crippen molar-refractivity contribution >= 4 is 11.6 Å². The van der Waals surface area contributed by atoms with Crippen molar-refractivity contribution in [2.45, 2.75) is 6.92 Å². The highest BCUT2D eigenvalue weighted by Gasteiger charge is 2.09. The van der Waals surface area contributed by atoms with E-state index in [-0.39, 0.29) is 11.3 Å². The van der Waals surface area contributed by atoms with Gasteiger partial charge in [-0.25, -0.2) is 4.39 Å². The first-order valence-corrected chi connectivity index (χ1v) is 5.18. The molecule has 1 aromatic rings. The number of benzene rings is 1. The molecule has 0 unspecified atom stereocenters. The van der Waals surface area contributed by atoms with Crippen molar-refractivity contribution in [1.82, 2.24) is 5.32 Å². The molecule has 0 aromatic heterocycles. The Labute approximate surface area is 97.9 Å². The fraction of sp³-hybridized carbons (Fsp3) is 0.364. The third kappa shape index (κ3) is 3.92. The minimum atomic E-state index is -0.808. The average Bonchev–Trinajstić information content (AvgIpc) is 2.34. The number of hydrogen-bond donors (Lipinski definition) is 1. The molecule has 0 saturated heterocycles. The number of nitrogens with one attached hydrogen (secondary N) is 1. The van der Waals surface area contributed by atoms with Crippen molar-refractivity contribution < 1.29 is 13.9 Å². The standard InChI is InChI=1S/C11H13FN2O3/c1-2-17-6-5-13-11(15)8-3-4-10(14-16)9(12)7-8/h3-4,7H,2,5-6H2,1H3,(H,13,15). The number of nitroso groups, excluding NO2 is 1. The smallest absolute Gasteiger partial charge is 0.251 e. The van der Waals surface area contributed by atoms with E-state index in [0.29, 0.717) is 19.8 Å². The van der Waals surface area contributed by atoms with Crippen molar-refractivity contribution in [3.63, 3.8) is 0 Å². The van der Waals surface area contributed by atoms with Crippen LogP contribution in [-0.4, -0.2) is 25.7 Å². The monoisotopic (exact) mass is 240 g/mol. The average molecular weight is 240 g/mol. The van der Waals surface area contributed by atoms with E-state index in [1.54, 1.807) is 0 Å². The maximum atomic E-state index is 13.2. The Morgan fingerprint density at radius 2 is 2.29 bits per heavy atom. The lowest BCUT2D eigenvalue weighted by atomic mass is 10.2. The van der Waals surface area contributed by atoms with Crippen molar-refractivity contribution in [2.24, 2.45) is 5.18 Å². The Morgan fingerprint density at radius 1 is 1.53 bits per heavy atom. The quantitative estimate of drug-likeness (QED) is 0.610. The van der Waals surface area contributed by atoms with Gasteiger partial charge in [0.15, 0.2) is 5.82 Å². The highest BCUT2D eigenvalue weighted by molar-refractivity contribution is 5.94. The minimum Gasteiger partial charge on any atom is -0.380 e. The molecular formula is C11H13FN2O3. The van der Waals surface area contributed by atoms with E-state index in [1.165, 1.54) is 12.1 Å². The van der Waals surface area contributed by atoms with Gasteiger partial charge in [0.2, 0.25) is 0 Å². The zero-order valence-corrected chi connectivity index (χ0v) is 9.40. The molecule has 5 nitrogen and oxygen atoms in total. The second-order valence-electron chi connectivity index (χ2n) is 3.21. The van der Waals surface area contributed by atoms with Crippen LogP contribution >= 0.6 is 0 Å². The van der Waals surface area contributed by atoms with E-state index in [2.05, 4.69) is 10.5 Å². The number of carbonyl (C=O) groups excluding carboxylic acids is 1. The molecule has 0 aliphatic heterocycles. The number of carbonyl (C=O) groups is 1. The van der Waals surface area contributed by atoms with E-state index in [4.69, 9.17) is 4.74 Å². The van der Waals surface area contributed by atoms with E-state index < -0.39 is 11.7 Å². The molecule has 0 spiro atoms. The van der Waals surface area contributed by atoms with Crippen LogP contribution in [0.5, 0.6) is 0 Å². The molecule has 92 valence electrons. The first kappa shape index (κ1) is 13.2. The van der Waals surface area contributed by atoms with Crippen LogP contribution in [0.4, 0.5) is 10.1 Å². The molecule has 17 heavy (non-hydrogen) atoms. The zero-order chi connectivity index (χ0) is 12.7. The fourth-order valence-electron chi connectivity index (χ4n) is 1.21. The first-order valence-electron chi connectivity index (χ1n) is 5.18. The molecule has 1 rings (SSSR count). The summed E-state index contributed by atoms with van der Waals surface area (Å²) in [6.07, 6.45) is 0. The van der Waals surface area contributed by atoms with Crippen LogP contribution in [0.1, 0.15) is 17.3 Å². The van der Waals surface area contributed by atoms with Gasteiger partial charge in [-0.2, -0.15) is 0 Å². The molecule has 0 fully saturated rings. The first-order chi connectivity index (χ1) is 8.19. The van der Waals surface area contributed by atoms with Gasteiger partial charge in [0, 0.05) is 18.7 Å². The number of nitrogens with zero attached hydrogens (tertiary/aromatic N) is 1. The van der Waals surface area contributed by atoms with Crippen molar-refractivity contribution in [2.75, 3.05) is 19.8 Å². The molecule has 1 N–H and O–H groups in total. The third-order valence-corrected chi connectivity index (χ3v) is 2.04. The normalized spacial score (nSPS) is 10.0. The number of hydrogen-bond acceptors (Lipinski definition) is 4. The zero-order valence-electron chi connectivity index (χ0n) is 9.40. The maximum Gasteiger partial charge on any atom is 0.251 e. The van der Waals surface area contributed by atoms with Crippen LogP contribution in [0.15, 0.2) is 23.4 Å². The Morgan fingerprint density at radius 3 is 2.88 bits per heavy atom. The van der Waals surface area contributed by atoms with Crippen LogP contribution in [0.2, 0.25) is 0 Å². The van der Waals surface area contributed by atoms with Crippen molar-refractivity contribution in [3.8, 4) is 0 Å². The molecule has 1 aromatic carbocycles. The van der Waals surface area contributed by atoms with Crippen LogP contribution in [0.25, 0.3) is 0 Å². The number of ether oxygens (including phenoxy) is 1. The van der Waals surface area contributed by atoms with E-state index >= 15 is 0 Å². The van der Waals surface area contributed by atoms with E-state index in [1.807, 2.05) is 6.92 Å².